The molecule has 0 bridgehead atoms. The summed E-state index contributed by atoms with van der Waals surface area (Å²) in [4.78, 5) is 7.53. The van der Waals surface area contributed by atoms with E-state index in [0.717, 1.165) is 34.1 Å². The lowest BCUT2D eigenvalue weighted by Gasteiger charge is -2.30. The lowest BCUT2D eigenvalue weighted by molar-refractivity contribution is 0.803. The maximum atomic E-state index is 2.44. The molecule has 20 aromatic rings. The summed E-state index contributed by atoms with van der Waals surface area (Å²) >= 11 is 3.87. The van der Waals surface area contributed by atoms with Crippen LogP contribution in [0.4, 0.5) is 34.1 Å². The number of rotatable bonds is 9. The monoisotopic (exact) mass is 1460 g/mol. The molecule has 0 saturated carbocycles. The van der Waals surface area contributed by atoms with Crippen molar-refractivity contribution in [2.24, 2.45) is 0 Å². The maximum absolute atomic E-state index is 2.44. The van der Waals surface area contributed by atoms with Crippen LogP contribution >= 0.6 is 22.7 Å². The predicted octanol–water partition coefficient (Wildman–Crippen LogP) is 29.9. The number of hydrogen-bond donors (Lipinski definition) is 0. The van der Waals surface area contributed by atoms with Crippen LogP contribution in [0.25, 0.3) is 129 Å². The molecule has 2 nitrogen and oxygen atoms in total. The molecule has 0 saturated heterocycles. The average molecular weight is 1460 g/mol. The summed E-state index contributed by atoms with van der Waals surface area (Å²) in [5.74, 6) is 0. The van der Waals surface area contributed by atoms with Gasteiger partial charge in [-0.1, -0.05) is 315 Å². The Labute approximate surface area is 658 Å². The molecule has 2 heterocycles. The van der Waals surface area contributed by atoms with Gasteiger partial charge in [0.05, 0.1) is 10.8 Å². The lowest BCUT2D eigenvalue weighted by atomic mass is 9.70. The molecule has 4 aliphatic carbocycles. The highest BCUT2D eigenvalue weighted by atomic mass is 32.1. The SMILES string of the molecule is c1ccc(N(c2ccc(-c3ccc4c(c3)-c3ccccc3C43c4ccccc4-c4sc5ccccc5c43)cc2)c2ccc(-c3cccc4ccccc34)cc2)cc1.c1ccc2c(c1)-c1cc(-c3ccc(N(c4ccc5ccccc5c4)c4ccc5ccccc5c4)cc3)ccc1C21c2ccccc2-c2sc3ccccc3c21. The minimum Gasteiger partial charge on any atom is -0.311 e. The third-order valence-corrected chi connectivity index (χ3v) is 26.7. The van der Waals surface area contributed by atoms with Crippen LogP contribution in [0.1, 0.15) is 44.5 Å². The topological polar surface area (TPSA) is 6.48 Å². The van der Waals surface area contributed by atoms with E-state index in [1.165, 1.54) is 174 Å². The summed E-state index contributed by atoms with van der Waals surface area (Å²) in [5.41, 5.74) is 32.6. The standard InChI is InChI=1S/C55H35NS.C53H33NS/c1-2-15-40(16-3-1)56(42-32-27-38(28-33-42)44-21-12-14-37-13-4-5-17-43(37)44)41-30-25-36(26-31-41)39-29-34-51-48(35-39)45-18-6-9-22-49(45)55(51)50-23-10-7-19-46(50)54-53(55)47-20-8-11-24-52(47)57-54;1-3-13-37-31-41(28-23-34(37)11-1)54(42-29-24-35-12-2-4-14-38(35)32-42)40-26-21-36(22-27-40)39-25-30-49-46(33-39)43-15-5-8-18-47(43)53(49)48-19-9-6-16-44(48)52-51(53)45-17-7-10-20-50(45)55-52/h1-35H;1-33H. The van der Waals surface area contributed by atoms with Crippen molar-refractivity contribution in [2.45, 2.75) is 10.8 Å². The third-order valence-electron chi connectivity index (χ3n) is 24.3. The fourth-order valence-electron chi connectivity index (χ4n) is 19.5. The van der Waals surface area contributed by atoms with Crippen molar-refractivity contribution in [3.05, 3.63) is 457 Å². The fourth-order valence-corrected chi connectivity index (χ4v) is 22.1. The summed E-state index contributed by atoms with van der Waals surface area (Å²) in [6.07, 6.45) is 0. The van der Waals surface area contributed by atoms with Crippen molar-refractivity contribution in [3.63, 3.8) is 0 Å². The number of fused-ring (bicyclic) bond motifs is 27. The van der Waals surface area contributed by atoms with E-state index >= 15 is 0 Å². The van der Waals surface area contributed by atoms with Gasteiger partial charge in [-0.25, -0.2) is 0 Å². The van der Waals surface area contributed by atoms with Crippen LogP contribution in [0.5, 0.6) is 0 Å². The predicted molar refractivity (Wildman–Crippen MR) is 474 cm³/mol. The van der Waals surface area contributed by atoms with Crippen LogP contribution in [-0.2, 0) is 10.8 Å². The minimum absolute atomic E-state index is 0.347. The molecule has 112 heavy (non-hydrogen) atoms. The normalized spacial score (nSPS) is 14.9. The smallest absolute Gasteiger partial charge is 0.0740 e. The number of hydrogen-bond acceptors (Lipinski definition) is 4. The van der Waals surface area contributed by atoms with E-state index in [1.54, 1.807) is 0 Å². The van der Waals surface area contributed by atoms with Crippen molar-refractivity contribution < 1.29 is 0 Å². The molecule has 0 N–H and O–H groups in total. The van der Waals surface area contributed by atoms with Gasteiger partial charge in [0.1, 0.15) is 0 Å². The van der Waals surface area contributed by atoms with Gasteiger partial charge >= 0.3 is 0 Å². The molecule has 4 heteroatoms. The van der Waals surface area contributed by atoms with E-state index in [9.17, 15) is 0 Å². The summed E-state index contributed by atoms with van der Waals surface area (Å²) in [6.45, 7) is 0. The molecule has 2 spiro atoms. The highest BCUT2D eigenvalue weighted by molar-refractivity contribution is 7.23. The lowest BCUT2D eigenvalue weighted by Crippen LogP contribution is -2.25. The quantitative estimate of drug-likeness (QED) is 0.142. The zero-order valence-corrected chi connectivity index (χ0v) is 62.6. The highest BCUT2D eigenvalue weighted by Gasteiger charge is 2.55. The molecule has 522 valence electrons. The molecule has 2 atom stereocenters. The molecule has 18 aromatic carbocycles. The number of para-hydroxylation sites is 1. The number of thiophene rings is 2. The van der Waals surface area contributed by atoms with Crippen molar-refractivity contribution in [1.29, 1.82) is 0 Å². The summed E-state index contributed by atoms with van der Waals surface area (Å²) < 4.78 is 2.70. The molecule has 0 radical (unpaired) electrons. The molecule has 4 aliphatic rings. The van der Waals surface area contributed by atoms with E-state index in [-0.39, 0.29) is 10.8 Å². The first-order chi connectivity index (χ1) is 55.5. The molecule has 0 amide bonds. The summed E-state index contributed by atoms with van der Waals surface area (Å²) in [7, 11) is 0. The minimum atomic E-state index is -0.348. The highest BCUT2D eigenvalue weighted by Crippen LogP contribution is 2.68. The number of nitrogens with zero attached hydrogens (tertiary/aromatic N) is 2. The van der Waals surface area contributed by atoms with Gasteiger partial charge in [-0.05, 0) is 251 Å². The second-order valence-electron chi connectivity index (χ2n) is 30.0. The van der Waals surface area contributed by atoms with E-state index in [2.05, 4.69) is 422 Å². The second-order valence-corrected chi connectivity index (χ2v) is 32.1. The molecule has 0 aliphatic heterocycles. The van der Waals surface area contributed by atoms with Gasteiger partial charge in [-0.3, -0.25) is 0 Å². The van der Waals surface area contributed by atoms with E-state index in [1.807, 2.05) is 22.7 Å². The van der Waals surface area contributed by atoms with E-state index in [4.69, 9.17) is 0 Å². The second kappa shape index (κ2) is 25.4. The molecule has 2 unspecified atom stereocenters. The Morgan fingerprint density at radius 2 is 0.500 bits per heavy atom. The average Bonchev–Trinajstić information content (AvgIpc) is 1.50. The molecule has 2 aromatic heterocycles. The number of anilines is 6. The Kier molecular flexibility index (Phi) is 14.6. The zero-order valence-electron chi connectivity index (χ0n) is 61.0. The van der Waals surface area contributed by atoms with Crippen LogP contribution in [0.15, 0.2) is 413 Å². The van der Waals surface area contributed by atoms with E-state index in [0.29, 0.717) is 0 Å². The van der Waals surface area contributed by atoms with Crippen molar-refractivity contribution >= 4 is 109 Å². The molecule has 0 fully saturated rings. The zero-order chi connectivity index (χ0) is 73.6. The van der Waals surface area contributed by atoms with Crippen molar-refractivity contribution in [1.82, 2.24) is 0 Å². The van der Waals surface area contributed by atoms with Gasteiger partial charge in [0.25, 0.3) is 0 Å². The van der Waals surface area contributed by atoms with Gasteiger partial charge in [-0.15, -0.1) is 22.7 Å². The summed E-state index contributed by atoms with van der Waals surface area (Å²) in [5, 5.41) is 10.2. The Morgan fingerprint density at radius 3 is 0.982 bits per heavy atom. The van der Waals surface area contributed by atoms with Crippen LogP contribution < -0.4 is 9.80 Å². The first-order valence-electron chi connectivity index (χ1n) is 38.7. The van der Waals surface area contributed by atoms with Gasteiger partial charge in [0.15, 0.2) is 0 Å². The molecular formula is C108H68N2S2. The molecular weight excluding hydrogens is 1390 g/mol. The molecule has 24 rings (SSSR count). The van der Waals surface area contributed by atoms with Gasteiger partial charge in [0.2, 0.25) is 0 Å². The van der Waals surface area contributed by atoms with Crippen LogP contribution in [0, 0.1) is 0 Å². The van der Waals surface area contributed by atoms with Gasteiger partial charge in [0, 0.05) is 53.3 Å². The van der Waals surface area contributed by atoms with Gasteiger partial charge < -0.3 is 9.80 Å². The Morgan fingerprint density at radius 1 is 0.179 bits per heavy atom. The largest absolute Gasteiger partial charge is 0.311 e. The fraction of sp³-hybridized carbons (Fsp3) is 0.0185. The number of benzene rings is 18. The summed E-state index contributed by atoms with van der Waals surface area (Å²) in [6, 6.07) is 153. The van der Waals surface area contributed by atoms with Crippen LogP contribution in [0.2, 0.25) is 0 Å². The third kappa shape index (κ3) is 9.62. The van der Waals surface area contributed by atoms with Crippen LogP contribution in [-0.4, -0.2) is 0 Å². The van der Waals surface area contributed by atoms with Crippen LogP contribution in [0.3, 0.4) is 0 Å². The Bertz CT molecular complexity index is 7120. The van der Waals surface area contributed by atoms with E-state index < -0.39 is 0 Å². The Balaban J connectivity index is 0.000000134. The van der Waals surface area contributed by atoms with Gasteiger partial charge in [-0.2, -0.15) is 0 Å². The first kappa shape index (κ1) is 64.3. The Hall–Kier alpha value is -13.7. The van der Waals surface area contributed by atoms with Crippen molar-refractivity contribution in [3.8, 4) is 76.5 Å². The van der Waals surface area contributed by atoms with Crippen molar-refractivity contribution in [2.75, 3.05) is 9.80 Å². The first-order valence-corrected chi connectivity index (χ1v) is 40.3. The maximum Gasteiger partial charge on any atom is 0.0740 e.